The minimum atomic E-state index is -0.527. The molecule has 0 aliphatic heterocycles. The second-order valence-corrected chi connectivity index (χ2v) is 2.39. The minimum Gasteiger partial charge on any atom is -0.258 e. The van der Waals surface area contributed by atoms with Gasteiger partial charge in [0, 0.05) is 6.07 Å². The molecule has 1 aromatic rings. The number of pyridine rings is 1. The third kappa shape index (κ3) is 1.60. The van der Waals surface area contributed by atoms with Gasteiger partial charge in [0.15, 0.2) is 0 Å². The summed E-state index contributed by atoms with van der Waals surface area (Å²) in [5.74, 6) is 0. The van der Waals surface area contributed by atoms with Gasteiger partial charge in [-0.1, -0.05) is 18.2 Å². The van der Waals surface area contributed by atoms with Gasteiger partial charge in [-0.25, -0.2) is 4.98 Å². The van der Waals surface area contributed by atoms with Crippen molar-refractivity contribution in [3.63, 3.8) is 0 Å². The molecule has 4 nitrogen and oxygen atoms in total. The van der Waals surface area contributed by atoms with Crippen LogP contribution in [0.5, 0.6) is 0 Å². The lowest BCUT2D eigenvalue weighted by Crippen LogP contribution is -1.93. The molecule has 1 rings (SSSR count). The third-order valence-corrected chi connectivity index (χ3v) is 1.47. The van der Waals surface area contributed by atoms with Crippen LogP contribution in [0, 0.1) is 10.1 Å². The minimum absolute atomic E-state index is 0.0885. The topological polar surface area (TPSA) is 56.0 Å². The third-order valence-electron chi connectivity index (χ3n) is 1.26. The van der Waals surface area contributed by atoms with E-state index in [1.807, 2.05) is 0 Å². The highest BCUT2D eigenvalue weighted by atomic mass is 35.5. The van der Waals surface area contributed by atoms with Crippen LogP contribution in [0.15, 0.2) is 18.7 Å². The van der Waals surface area contributed by atoms with Crippen molar-refractivity contribution in [2.45, 2.75) is 0 Å². The van der Waals surface area contributed by atoms with E-state index in [1.54, 1.807) is 0 Å². The van der Waals surface area contributed by atoms with Crippen LogP contribution >= 0.6 is 11.6 Å². The molecule has 0 saturated carbocycles. The average Bonchev–Trinajstić information content (AvgIpc) is 2.03. The highest BCUT2D eigenvalue weighted by Gasteiger charge is 2.11. The first-order valence-corrected chi connectivity index (χ1v) is 3.46. The first-order valence-electron chi connectivity index (χ1n) is 3.08. The lowest BCUT2D eigenvalue weighted by molar-refractivity contribution is -0.385. The summed E-state index contributed by atoms with van der Waals surface area (Å²) in [6.07, 6.45) is 1.30. The monoisotopic (exact) mass is 184 g/mol. The molecule has 0 unspecified atom stereocenters. The van der Waals surface area contributed by atoms with Gasteiger partial charge in [-0.05, 0) is 12.1 Å². The van der Waals surface area contributed by atoms with E-state index < -0.39 is 4.92 Å². The van der Waals surface area contributed by atoms with Crippen LogP contribution in [0.2, 0.25) is 5.15 Å². The van der Waals surface area contributed by atoms with Gasteiger partial charge in [0.2, 0.25) is 0 Å². The van der Waals surface area contributed by atoms with Crippen molar-refractivity contribution in [2.75, 3.05) is 0 Å². The molecule has 1 heterocycles. The number of nitro groups is 1. The number of rotatable bonds is 2. The molecule has 0 N–H and O–H groups in total. The number of nitrogens with zero attached hydrogens (tertiary/aromatic N) is 2. The number of aromatic nitrogens is 1. The number of halogens is 1. The molecule has 0 atom stereocenters. The largest absolute Gasteiger partial charge is 0.294 e. The summed E-state index contributed by atoms with van der Waals surface area (Å²) < 4.78 is 0. The molecule has 12 heavy (non-hydrogen) atoms. The van der Waals surface area contributed by atoms with E-state index in [0.29, 0.717) is 0 Å². The van der Waals surface area contributed by atoms with Crippen molar-refractivity contribution in [2.24, 2.45) is 0 Å². The van der Waals surface area contributed by atoms with E-state index in [9.17, 15) is 10.1 Å². The lowest BCUT2D eigenvalue weighted by Gasteiger charge is -1.95. The zero-order chi connectivity index (χ0) is 9.14. The summed E-state index contributed by atoms with van der Waals surface area (Å²) in [6.45, 7) is 3.39. The number of hydrogen-bond donors (Lipinski definition) is 0. The van der Waals surface area contributed by atoms with Gasteiger partial charge in [-0.15, -0.1) is 0 Å². The normalized spacial score (nSPS) is 9.42. The van der Waals surface area contributed by atoms with E-state index in [2.05, 4.69) is 11.6 Å². The predicted octanol–water partition coefficient (Wildman–Crippen LogP) is 2.29. The van der Waals surface area contributed by atoms with E-state index in [1.165, 1.54) is 18.2 Å². The Morgan fingerprint density at radius 2 is 2.33 bits per heavy atom. The van der Waals surface area contributed by atoms with E-state index in [4.69, 9.17) is 11.6 Å². The van der Waals surface area contributed by atoms with Gasteiger partial charge in [-0.2, -0.15) is 0 Å². The predicted molar refractivity (Wildman–Crippen MR) is 46.0 cm³/mol. The zero-order valence-electron chi connectivity index (χ0n) is 6.03. The fourth-order valence-electron chi connectivity index (χ4n) is 0.747. The summed E-state index contributed by atoms with van der Waals surface area (Å²) >= 11 is 5.52. The molecule has 0 spiro atoms. The molecule has 1 aromatic heterocycles. The Morgan fingerprint density at radius 1 is 1.67 bits per heavy atom. The number of hydrogen-bond acceptors (Lipinski definition) is 3. The molecule has 0 bridgehead atoms. The van der Waals surface area contributed by atoms with Crippen LogP contribution in [0.1, 0.15) is 5.69 Å². The summed E-state index contributed by atoms with van der Waals surface area (Å²) in [4.78, 5) is 13.6. The van der Waals surface area contributed by atoms with Gasteiger partial charge < -0.3 is 0 Å². The Balaban J connectivity index is 3.29. The standard InChI is InChI=1S/C7H5ClN2O2/c1-2-5-6(10(11)12)3-4-7(8)9-5/h2-4H,1H2. The van der Waals surface area contributed by atoms with Crippen LogP contribution in [0.25, 0.3) is 6.08 Å². The first-order chi connectivity index (χ1) is 5.65. The molecule has 5 heteroatoms. The molecule has 0 aromatic carbocycles. The Hall–Kier alpha value is -1.42. The molecular weight excluding hydrogens is 180 g/mol. The maximum Gasteiger partial charge on any atom is 0.294 e. The maximum atomic E-state index is 10.4. The van der Waals surface area contributed by atoms with Gasteiger partial charge in [0.05, 0.1) is 4.92 Å². The van der Waals surface area contributed by atoms with E-state index in [-0.39, 0.29) is 16.5 Å². The Morgan fingerprint density at radius 3 is 2.83 bits per heavy atom. The lowest BCUT2D eigenvalue weighted by atomic mass is 10.3. The van der Waals surface area contributed by atoms with Crippen molar-refractivity contribution >= 4 is 23.4 Å². The van der Waals surface area contributed by atoms with Crippen molar-refractivity contribution in [3.05, 3.63) is 39.7 Å². The second-order valence-electron chi connectivity index (χ2n) is 2.00. The van der Waals surface area contributed by atoms with Crippen molar-refractivity contribution < 1.29 is 4.92 Å². The van der Waals surface area contributed by atoms with Crippen LogP contribution in [0.4, 0.5) is 5.69 Å². The second kappa shape index (κ2) is 3.32. The Labute approximate surface area is 73.6 Å². The van der Waals surface area contributed by atoms with Crippen molar-refractivity contribution in [1.29, 1.82) is 0 Å². The molecule has 0 aliphatic carbocycles. The molecule has 0 radical (unpaired) electrons. The smallest absolute Gasteiger partial charge is 0.258 e. The molecule has 62 valence electrons. The fraction of sp³-hybridized carbons (Fsp3) is 0. The Kier molecular flexibility index (Phi) is 2.40. The van der Waals surface area contributed by atoms with Gasteiger partial charge in [0.25, 0.3) is 5.69 Å². The van der Waals surface area contributed by atoms with Gasteiger partial charge in [0.1, 0.15) is 10.8 Å². The first kappa shape index (κ1) is 8.67. The average molecular weight is 185 g/mol. The highest BCUT2D eigenvalue weighted by Crippen LogP contribution is 2.19. The summed E-state index contributed by atoms with van der Waals surface area (Å²) in [5.41, 5.74) is 0.0990. The molecule has 0 amide bonds. The van der Waals surface area contributed by atoms with Crippen LogP contribution < -0.4 is 0 Å². The quantitative estimate of drug-likeness (QED) is 0.403. The molecule has 0 aliphatic rings. The summed E-state index contributed by atoms with van der Waals surface area (Å²) in [7, 11) is 0. The van der Waals surface area contributed by atoms with Gasteiger partial charge in [-0.3, -0.25) is 10.1 Å². The van der Waals surface area contributed by atoms with Gasteiger partial charge >= 0.3 is 0 Å². The van der Waals surface area contributed by atoms with Crippen molar-refractivity contribution in [1.82, 2.24) is 4.98 Å². The van der Waals surface area contributed by atoms with Crippen LogP contribution in [-0.2, 0) is 0 Å². The molecule has 0 fully saturated rings. The fourth-order valence-corrected chi connectivity index (χ4v) is 0.901. The van der Waals surface area contributed by atoms with E-state index >= 15 is 0 Å². The molecular formula is C7H5ClN2O2. The van der Waals surface area contributed by atoms with Crippen LogP contribution in [0.3, 0.4) is 0 Å². The van der Waals surface area contributed by atoms with Crippen molar-refractivity contribution in [3.8, 4) is 0 Å². The van der Waals surface area contributed by atoms with Crippen LogP contribution in [-0.4, -0.2) is 9.91 Å². The zero-order valence-corrected chi connectivity index (χ0v) is 6.78. The Bertz CT molecular complexity index is 338. The molecule has 0 saturated heterocycles. The summed E-state index contributed by atoms with van der Waals surface area (Å²) in [6, 6.07) is 2.67. The van der Waals surface area contributed by atoms with E-state index in [0.717, 1.165) is 0 Å². The maximum absolute atomic E-state index is 10.4. The SMILES string of the molecule is C=Cc1nc(Cl)ccc1[N+](=O)[O-]. The summed E-state index contributed by atoms with van der Waals surface area (Å²) in [5, 5.41) is 10.6. The highest BCUT2D eigenvalue weighted by molar-refractivity contribution is 6.29.